The second-order valence-corrected chi connectivity index (χ2v) is 7.20. The van der Waals surface area contributed by atoms with Gasteiger partial charge in [-0.2, -0.15) is 13.2 Å². The van der Waals surface area contributed by atoms with Gasteiger partial charge in [-0.05, 0) is 35.7 Å². The molecule has 5 rings (SSSR count). The van der Waals surface area contributed by atoms with Crippen molar-refractivity contribution in [2.45, 2.75) is 6.18 Å². The second kappa shape index (κ2) is 6.77. The zero-order chi connectivity index (χ0) is 21.8. The van der Waals surface area contributed by atoms with Crippen molar-refractivity contribution in [1.82, 2.24) is 4.98 Å². The first-order valence-electron chi connectivity index (χ1n) is 9.44. The van der Waals surface area contributed by atoms with Crippen LogP contribution in [-0.2, 0) is 6.18 Å². The Bertz CT molecular complexity index is 1490. The number of H-pyrrole nitrogens is 1. The molecule has 0 saturated heterocycles. The van der Waals surface area contributed by atoms with E-state index in [-0.39, 0.29) is 5.75 Å². The highest BCUT2D eigenvalue weighted by molar-refractivity contribution is 6.17. The Kier molecular flexibility index (Phi) is 4.15. The van der Waals surface area contributed by atoms with E-state index in [0.29, 0.717) is 0 Å². The highest BCUT2D eigenvalue weighted by Gasteiger charge is 2.38. The molecule has 0 bridgehead atoms. The van der Waals surface area contributed by atoms with E-state index in [4.69, 9.17) is 10.5 Å². The topological polar surface area (TPSA) is 68.1 Å². The average molecular weight is 420 g/mol. The van der Waals surface area contributed by atoms with Gasteiger partial charge in [0.05, 0.1) is 16.6 Å². The number of benzene rings is 4. The number of anilines is 1. The third-order valence-electron chi connectivity index (χ3n) is 5.28. The van der Waals surface area contributed by atoms with E-state index < -0.39 is 29.0 Å². The summed E-state index contributed by atoms with van der Waals surface area (Å²) in [5.41, 5.74) is 4.95. The van der Waals surface area contributed by atoms with Crippen molar-refractivity contribution in [3.63, 3.8) is 0 Å². The molecule has 7 heteroatoms. The number of aromatic nitrogens is 1. The van der Waals surface area contributed by atoms with Gasteiger partial charge in [-0.15, -0.1) is 0 Å². The summed E-state index contributed by atoms with van der Waals surface area (Å²) >= 11 is 0. The maximum absolute atomic E-state index is 13.4. The Labute approximate surface area is 174 Å². The zero-order valence-corrected chi connectivity index (χ0v) is 16.0. The van der Waals surface area contributed by atoms with E-state index in [1.165, 1.54) is 6.07 Å². The quantitative estimate of drug-likeness (QED) is 0.200. The maximum Gasteiger partial charge on any atom is 0.419 e. The van der Waals surface area contributed by atoms with E-state index >= 15 is 0 Å². The lowest BCUT2D eigenvalue weighted by molar-refractivity contribution is -0.137. The Balaban J connectivity index is 1.60. The van der Waals surface area contributed by atoms with Gasteiger partial charge in [-0.3, -0.25) is 0 Å². The number of hydrogen-bond acceptors (Lipinski definition) is 3. The highest BCUT2D eigenvalue weighted by atomic mass is 19.4. The number of nitrogens with two attached hydrogens (primary N) is 1. The monoisotopic (exact) mass is 420 g/mol. The van der Waals surface area contributed by atoms with Gasteiger partial charge in [0, 0.05) is 27.4 Å². The number of ether oxygens (including phenoxy) is 1. The van der Waals surface area contributed by atoms with Crippen molar-refractivity contribution < 1.29 is 22.7 Å². The molecule has 1 aromatic heterocycles. The molecule has 5 aromatic rings. The van der Waals surface area contributed by atoms with E-state index in [1.807, 2.05) is 36.4 Å². The fourth-order valence-electron chi connectivity index (χ4n) is 3.90. The van der Waals surface area contributed by atoms with Crippen LogP contribution in [0.1, 0.15) is 15.9 Å². The summed E-state index contributed by atoms with van der Waals surface area (Å²) in [5, 5.41) is 3.75. The second-order valence-electron chi connectivity index (χ2n) is 7.20. The van der Waals surface area contributed by atoms with E-state index in [9.17, 15) is 18.0 Å². The van der Waals surface area contributed by atoms with Crippen LogP contribution >= 0.6 is 0 Å². The molecule has 1 heterocycles. The van der Waals surface area contributed by atoms with Crippen molar-refractivity contribution in [2.24, 2.45) is 0 Å². The number of alkyl halides is 3. The first-order valence-corrected chi connectivity index (χ1v) is 9.44. The van der Waals surface area contributed by atoms with Gasteiger partial charge in [-0.25, -0.2) is 4.79 Å². The normalized spacial score (nSPS) is 12.0. The minimum atomic E-state index is -4.78. The summed E-state index contributed by atoms with van der Waals surface area (Å²) in [6.45, 7) is 0. The summed E-state index contributed by atoms with van der Waals surface area (Å²) < 4.78 is 45.5. The Hall–Kier alpha value is -4.00. The molecule has 0 fully saturated rings. The Morgan fingerprint density at radius 2 is 1.65 bits per heavy atom. The molecule has 0 aliphatic carbocycles. The largest absolute Gasteiger partial charge is 0.423 e. The molecule has 4 nitrogen and oxygen atoms in total. The molecular formula is C24H15F3N2O2. The van der Waals surface area contributed by atoms with E-state index in [0.717, 1.165) is 44.7 Å². The molecule has 0 aliphatic heterocycles. The number of nitrogen functional groups attached to an aromatic ring is 1. The van der Waals surface area contributed by atoms with E-state index in [1.54, 1.807) is 18.2 Å². The Morgan fingerprint density at radius 1 is 0.871 bits per heavy atom. The average Bonchev–Trinajstić information content (AvgIpc) is 3.12. The van der Waals surface area contributed by atoms with Crippen LogP contribution in [0.3, 0.4) is 0 Å². The lowest BCUT2D eigenvalue weighted by Crippen LogP contribution is -2.18. The smallest absolute Gasteiger partial charge is 0.419 e. The van der Waals surface area contributed by atoms with Crippen LogP contribution in [0.5, 0.6) is 5.75 Å². The standard InChI is InChI=1S/C24H15F3N2O2/c25-24(26,27)21-17(5-3-6-19(21)28)23(30)31-14-10-8-13-9-11-16-15-4-1-2-7-20(15)29-22(16)18(13)12-14/h1-12,29H,28H2. The molecular weight excluding hydrogens is 405 g/mol. The van der Waals surface area contributed by atoms with Crippen LogP contribution in [0, 0.1) is 0 Å². The van der Waals surface area contributed by atoms with Gasteiger partial charge < -0.3 is 15.5 Å². The van der Waals surface area contributed by atoms with Gasteiger partial charge in [0.2, 0.25) is 0 Å². The van der Waals surface area contributed by atoms with Crippen LogP contribution < -0.4 is 10.5 Å². The molecule has 3 N–H and O–H groups in total. The number of aromatic amines is 1. The van der Waals surface area contributed by atoms with Crippen molar-refractivity contribution in [3.05, 3.63) is 83.9 Å². The third kappa shape index (κ3) is 3.15. The first kappa shape index (κ1) is 19.0. The number of nitrogens with one attached hydrogen (secondary N) is 1. The summed E-state index contributed by atoms with van der Waals surface area (Å²) in [6, 6.07) is 20.2. The number of carbonyl (C=O) groups excluding carboxylic acids is 1. The number of esters is 1. The summed E-state index contributed by atoms with van der Waals surface area (Å²) in [4.78, 5) is 16.0. The molecule has 0 unspecified atom stereocenters. The van der Waals surface area contributed by atoms with Crippen molar-refractivity contribution in [3.8, 4) is 5.75 Å². The molecule has 4 aromatic carbocycles. The summed E-state index contributed by atoms with van der Waals surface area (Å²) in [7, 11) is 0. The predicted octanol–water partition coefficient (Wildman–Crippen LogP) is 6.29. The highest BCUT2D eigenvalue weighted by Crippen LogP contribution is 2.37. The molecule has 0 amide bonds. The fourth-order valence-corrected chi connectivity index (χ4v) is 3.90. The number of fused-ring (bicyclic) bond motifs is 5. The number of rotatable bonds is 2. The lowest BCUT2D eigenvalue weighted by Gasteiger charge is -2.14. The maximum atomic E-state index is 13.4. The van der Waals surface area contributed by atoms with Crippen molar-refractivity contribution in [1.29, 1.82) is 0 Å². The van der Waals surface area contributed by atoms with Gasteiger partial charge in [0.25, 0.3) is 0 Å². The van der Waals surface area contributed by atoms with Crippen molar-refractivity contribution >= 4 is 44.2 Å². The van der Waals surface area contributed by atoms with Crippen LogP contribution in [0.4, 0.5) is 18.9 Å². The van der Waals surface area contributed by atoms with Crippen molar-refractivity contribution in [2.75, 3.05) is 5.73 Å². The lowest BCUT2D eigenvalue weighted by atomic mass is 10.0. The molecule has 0 saturated carbocycles. The number of para-hydroxylation sites is 1. The molecule has 0 radical (unpaired) electrons. The van der Waals surface area contributed by atoms with Crippen LogP contribution in [-0.4, -0.2) is 11.0 Å². The van der Waals surface area contributed by atoms with Gasteiger partial charge in [0.1, 0.15) is 5.75 Å². The van der Waals surface area contributed by atoms with Crippen LogP contribution in [0.15, 0.2) is 72.8 Å². The minimum Gasteiger partial charge on any atom is -0.423 e. The molecule has 31 heavy (non-hydrogen) atoms. The van der Waals surface area contributed by atoms with Gasteiger partial charge >= 0.3 is 12.1 Å². The predicted molar refractivity (Wildman–Crippen MR) is 114 cm³/mol. The molecule has 0 aliphatic rings. The van der Waals surface area contributed by atoms with E-state index in [2.05, 4.69) is 4.98 Å². The fraction of sp³-hybridized carbons (Fsp3) is 0.0417. The van der Waals surface area contributed by atoms with Gasteiger partial charge in [0.15, 0.2) is 0 Å². The summed E-state index contributed by atoms with van der Waals surface area (Å²) in [6.07, 6.45) is -4.78. The minimum absolute atomic E-state index is 0.138. The number of carbonyl (C=O) groups is 1. The molecule has 0 spiro atoms. The van der Waals surface area contributed by atoms with Crippen LogP contribution in [0.2, 0.25) is 0 Å². The number of halogens is 3. The zero-order valence-electron chi connectivity index (χ0n) is 16.0. The Morgan fingerprint density at radius 3 is 2.45 bits per heavy atom. The molecule has 0 atom stereocenters. The molecule has 154 valence electrons. The van der Waals surface area contributed by atoms with Gasteiger partial charge in [-0.1, -0.05) is 42.5 Å². The third-order valence-corrected chi connectivity index (χ3v) is 5.28. The SMILES string of the molecule is Nc1cccc(C(=O)Oc2ccc3ccc4c5ccccc5[nH]c4c3c2)c1C(F)(F)F. The summed E-state index contributed by atoms with van der Waals surface area (Å²) in [5.74, 6) is -0.984. The van der Waals surface area contributed by atoms with Crippen LogP contribution in [0.25, 0.3) is 32.6 Å². The number of hydrogen-bond donors (Lipinski definition) is 2. The first-order chi connectivity index (χ1) is 14.8.